The number of aliphatic hydroxyl groups is 1. The van der Waals surface area contributed by atoms with Crippen molar-refractivity contribution in [1.82, 2.24) is 14.1 Å². The number of allylic oxidation sites excluding steroid dienone is 2. The molecule has 0 amide bonds. The number of aliphatic hydroxyl groups excluding tert-OH is 1. The number of thiophene rings is 1. The van der Waals surface area contributed by atoms with Crippen molar-refractivity contribution in [2.45, 2.75) is 79.6 Å². The van der Waals surface area contributed by atoms with Crippen LogP contribution in [0.1, 0.15) is 79.7 Å². The third kappa shape index (κ3) is 7.34. The van der Waals surface area contributed by atoms with Crippen LogP contribution in [0.15, 0.2) is 59.2 Å². The number of carbonyl (C=O) groups excluding carboxylic acids is 1. The topological polar surface area (TPSA) is 77.1 Å². The van der Waals surface area contributed by atoms with E-state index in [9.17, 15) is 14.7 Å². The summed E-state index contributed by atoms with van der Waals surface area (Å²) in [6, 6.07) is 16.2. The van der Waals surface area contributed by atoms with Crippen molar-refractivity contribution in [3.63, 3.8) is 0 Å². The van der Waals surface area contributed by atoms with Gasteiger partial charge in [0.1, 0.15) is 4.83 Å². The number of imidazole rings is 1. The Morgan fingerprint density at radius 1 is 1.00 bits per heavy atom. The minimum Gasteiger partial charge on any atom is -0.512 e. The zero-order valence-electron chi connectivity index (χ0n) is 27.9. The second kappa shape index (κ2) is 15.0. The Morgan fingerprint density at radius 3 is 2.22 bits per heavy atom. The van der Waals surface area contributed by atoms with Crippen LogP contribution in [0.5, 0.6) is 0 Å². The smallest absolute Gasteiger partial charge is 0.329 e. The first-order chi connectivity index (χ1) is 20.9. The quantitative estimate of drug-likeness (QED) is 0.0965. The molecule has 243 valence electrons. The predicted molar refractivity (Wildman–Crippen MR) is 186 cm³/mol. The zero-order valence-corrected chi connectivity index (χ0v) is 31.2. The van der Waals surface area contributed by atoms with Crippen molar-refractivity contribution < 1.29 is 30.0 Å². The van der Waals surface area contributed by atoms with E-state index in [4.69, 9.17) is 4.98 Å². The SMILES string of the molecule is CCC(CC)C(=O)/C=C(\O)C(CC)CC.Cn1c(=O)n(C)c2c3c(-c4[c-]c5ccccc5c(C(C)(C)C)c4)nccc3sc21.[Ir]. The van der Waals surface area contributed by atoms with Crippen molar-refractivity contribution in [2.24, 2.45) is 25.9 Å². The molecule has 0 bridgehead atoms. The van der Waals surface area contributed by atoms with Crippen molar-refractivity contribution in [2.75, 3.05) is 0 Å². The largest absolute Gasteiger partial charge is 0.512 e. The van der Waals surface area contributed by atoms with Gasteiger partial charge in [0.15, 0.2) is 5.78 Å². The summed E-state index contributed by atoms with van der Waals surface area (Å²) in [7, 11) is 3.66. The Balaban J connectivity index is 0.000000297. The molecule has 0 aliphatic carbocycles. The molecule has 3 aromatic heterocycles. The number of pyridine rings is 1. The van der Waals surface area contributed by atoms with E-state index >= 15 is 0 Å². The van der Waals surface area contributed by atoms with Crippen LogP contribution in [-0.4, -0.2) is 25.0 Å². The molecule has 45 heavy (non-hydrogen) atoms. The first-order valence-corrected chi connectivity index (χ1v) is 16.5. The molecule has 8 heteroatoms. The molecule has 0 atom stereocenters. The van der Waals surface area contributed by atoms with Gasteiger partial charge in [0, 0.05) is 74.1 Å². The Labute approximate surface area is 284 Å². The van der Waals surface area contributed by atoms with Gasteiger partial charge in [-0.2, -0.15) is 0 Å². The number of aryl methyl sites for hydroxylation is 2. The van der Waals surface area contributed by atoms with Gasteiger partial charge in [-0.1, -0.05) is 77.6 Å². The van der Waals surface area contributed by atoms with Crippen LogP contribution in [0.25, 0.3) is 42.5 Å². The number of benzene rings is 2. The number of aromatic nitrogens is 3. The molecule has 3 heterocycles. The van der Waals surface area contributed by atoms with E-state index in [0.717, 1.165) is 62.8 Å². The molecule has 2 aromatic carbocycles. The van der Waals surface area contributed by atoms with Gasteiger partial charge >= 0.3 is 5.69 Å². The maximum atomic E-state index is 12.5. The van der Waals surface area contributed by atoms with Crippen LogP contribution in [0.3, 0.4) is 0 Å². The molecule has 0 spiro atoms. The molecular formula is C37H46IrN3O3S-. The van der Waals surface area contributed by atoms with Crippen molar-refractivity contribution in [3.8, 4) is 11.3 Å². The van der Waals surface area contributed by atoms with E-state index in [1.54, 1.807) is 20.5 Å². The van der Waals surface area contributed by atoms with E-state index in [1.165, 1.54) is 17.0 Å². The minimum absolute atomic E-state index is 0. The van der Waals surface area contributed by atoms with E-state index in [2.05, 4.69) is 51.1 Å². The number of fused-ring (bicyclic) bond motifs is 4. The number of rotatable bonds is 8. The molecule has 0 unspecified atom stereocenters. The molecule has 0 saturated heterocycles. The first kappa shape index (κ1) is 36.4. The second-order valence-corrected chi connectivity index (χ2v) is 13.6. The van der Waals surface area contributed by atoms with Gasteiger partial charge in [0.25, 0.3) is 0 Å². The van der Waals surface area contributed by atoms with Crippen LogP contribution < -0.4 is 5.69 Å². The second-order valence-electron chi connectivity index (χ2n) is 12.6. The summed E-state index contributed by atoms with van der Waals surface area (Å²) >= 11 is 1.63. The van der Waals surface area contributed by atoms with Gasteiger partial charge in [0.05, 0.1) is 11.3 Å². The predicted octanol–water partition coefficient (Wildman–Crippen LogP) is 9.27. The number of hydrogen-bond acceptors (Lipinski definition) is 5. The molecule has 0 aliphatic rings. The van der Waals surface area contributed by atoms with Crippen molar-refractivity contribution >= 4 is 48.3 Å². The van der Waals surface area contributed by atoms with Gasteiger partial charge in [0.2, 0.25) is 0 Å². The molecule has 0 aliphatic heterocycles. The molecule has 6 nitrogen and oxygen atoms in total. The van der Waals surface area contributed by atoms with Crippen LogP contribution in [-0.2, 0) is 44.4 Å². The molecule has 1 N–H and O–H groups in total. The van der Waals surface area contributed by atoms with Crippen molar-refractivity contribution in [3.05, 3.63) is 76.5 Å². The van der Waals surface area contributed by atoms with E-state index in [1.807, 2.05) is 60.1 Å². The van der Waals surface area contributed by atoms with Crippen LogP contribution in [0, 0.1) is 17.9 Å². The number of hydrogen-bond donors (Lipinski definition) is 1. The molecule has 1 radical (unpaired) electrons. The fraction of sp³-hybridized carbons (Fsp3) is 0.432. The third-order valence-corrected chi connectivity index (χ3v) is 9.91. The molecule has 5 aromatic rings. The fourth-order valence-electron chi connectivity index (χ4n) is 5.93. The van der Waals surface area contributed by atoms with Crippen molar-refractivity contribution in [1.29, 1.82) is 0 Å². The number of nitrogens with zero attached hydrogens (tertiary/aromatic N) is 3. The maximum Gasteiger partial charge on any atom is 0.329 e. The first-order valence-electron chi connectivity index (χ1n) is 15.7. The van der Waals surface area contributed by atoms with Gasteiger partial charge in [-0.05, 0) is 37.2 Å². The Kier molecular flexibility index (Phi) is 12.2. The summed E-state index contributed by atoms with van der Waals surface area (Å²) in [6.07, 6.45) is 6.76. The summed E-state index contributed by atoms with van der Waals surface area (Å²) in [4.78, 5) is 30.0. The summed E-state index contributed by atoms with van der Waals surface area (Å²) in [5, 5.41) is 13.1. The van der Waals surface area contributed by atoms with E-state index in [-0.39, 0.29) is 54.6 Å². The van der Waals surface area contributed by atoms with Gasteiger partial charge in [-0.15, -0.1) is 40.5 Å². The Morgan fingerprint density at radius 2 is 1.62 bits per heavy atom. The molecule has 5 rings (SSSR count). The van der Waals surface area contributed by atoms with E-state index in [0.29, 0.717) is 0 Å². The monoisotopic (exact) mass is 805 g/mol. The number of carbonyl (C=O) groups is 1. The number of ketones is 1. The minimum atomic E-state index is -0.0131. The fourth-order valence-corrected chi connectivity index (χ4v) is 7.11. The maximum absolute atomic E-state index is 12.5. The van der Waals surface area contributed by atoms with Crippen LogP contribution in [0.4, 0.5) is 0 Å². The van der Waals surface area contributed by atoms with Crippen LogP contribution >= 0.6 is 11.3 Å². The zero-order chi connectivity index (χ0) is 32.3. The molecule has 0 saturated carbocycles. The standard InChI is InChI=1S/C24H22N3OS.C13H24O2.Ir/c1-24(2,3)17-13-15(12-14-8-6-7-9-16(14)17)20-19-18(10-11-25-20)29-22-21(19)26(4)23(28)27(22)5;1-5-10(6-2)12(14)9-13(15)11(7-3)8-4;/h6-11,13H,1-5H3;9-11,14H,5-8H2,1-4H3;/q-1;;/b;12-9-;. The third-order valence-electron chi connectivity index (χ3n) is 8.69. The average molecular weight is 805 g/mol. The summed E-state index contributed by atoms with van der Waals surface area (Å²) in [5.41, 5.74) is 4.04. The summed E-state index contributed by atoms with van der Waals surface area (Å²) in [6.45, 7) is 14.8. The summed E-state index contributed by atoms with van der Waals surface area (Å²) < 4.78 is 4.57. The molecule has 0 fully saturated rings. The molecular weight excluding hydrogens is 759 g/mol. The normalized spacial score (nSPS) is 12.2. The Hall–Kier alpha value is -3.06. The van der Waals surface area contributed by atoms with Gasteiger partial charge in [-0.3, -0.25) is 18.9 Å². The van der Waals surface area contributed by atoms with E-state index < -0.39 is 0 Å². The van der Waals surface area contributed by atoms with Gasteiger partial charge < -0.3 is 5.11 Å². The van der Waals surface area contributed by atoms with Gasteiger partial charge in [-0.25, -0.2) is 4.79 Å². The van der Waals surface area contributed by atoms with Crippen LogP contribution in [0.2, 0.25) is 0 Å². The average Bonchev–Trinajstić information content (AvgIpc) is 3.48. The summed E-state index contributed by atoms with van der Waals surface area (Å²) in [5.74, 6) is 0.547. The Bertz CT molecular complexity index is 1880.